The van der Waals surface area contributed by atoms with Crippen LogP contribution in [-0.2, 0) is 4.79 Å². The summed E-state index contributed by atoms with van der Waals surface area (Å²) in [6.07, 6.45) is 5.43. The van der Waals surface area contributed by atoms with Gasteiger partial charge in [0, 0.05) is 5.92 Å². The van der Waals surface area contributed by atoms with Gasteiger partial charge < -0.3 is 0 Å². The molecule has 0 spiro atoms. The van der Waals surface area contributed by atoms with E-state index < -0.39 is 0 Å². The average Bonchev–Trinajstić information content (AvgIpc) is 2.04. The van der Waals surface area contributed by atoms with Crippen LogP contribution in [0.4, 0.5) is 0 Å². The largest absolute Gasteiger partial charge is 0.300 e. The van der Waals surface area contributed by atoms with Crippen molar-refractivity contribution in [1.82, 2.24) is 0 Å². The second-order valence-corrected chi connectivity index (χ2v) is 4.02. The molecule has 68 valence electrons. The van der Waals surface area contributed by atoms with Crippen molar-refractivity contribution in [3.05, 3.63) is 11.6 Å². The number of Topliss-reactive ketones (excluding diaryl/α,β-unsaturated/α-hetero) is 1. The summed E-state index contributed by atoms with van der Waals surface area (Å²) in [4.78, 5) is 11.0. The van der Waals surface area contributed by atoms with E-state index in [2.05, 4.69) is 19.9 Å². The van der Waals surface area contributed by atoms with Crippen LogP contribution < -0.4 is 0 Å². The monoisotopic (exact) mass is 166 g/mol. The quantitative estimate of drug-likeness (QED) is 0.576. The van der Waals surface area contributed by atoms with Gasteiger partial charge in [-0.1, -0.05) is 25.5 Å². The molecule has 0 saturated heterocycles. The van der Waals surface area contributed by atoms with Crippen molar-refractivity contribution in [2.24, 2.45) is 11.8 Å². The summed E-state index contributed by atoms with van der Waals surface area (Å²) in [6, 6.07) is 0. The summed E-state index contributed by atoms with van der Waals surface area (Å²) >= 11 is 0. The van der Waals surface area contributed by atoms with Gasteiger partial charge in [-0.2, -0.15) is 0 Å². The molecule has 1 heteroatoms. The zero-order chi connectivity index (χ0) is 9.14. The van der Waals surface area contributed by atoms with E-state index in [9.17, 15) is 4.79 Å². The van der Waals surface area contributed by atoms with Crippen molar-refractivity contribution in [3.8, 4) is 0 Å². The van der Waals surface area contributed by atoms with Crippen LogP contribution in [0.5, 0.6) is 0 Å². The Hall–Kier alpha value is -0.590. The van der Waals surface area contributed by atoms with Gasteiger partial charge in [0.2, 0.25) is 0 Å². The summed E-state index contributed by atoms with van der Waals surface area (Å²) in [6.45, 7) is 6.15. The van der Waals surface area contributed by atoms with Crippen LogP contribution in [0, 0.1) is 11.8 Å². The van der Waals surface area contributed by atoms with E-state index in [4.69, 9.17) is 0 Å². The molecule has 0 aromatic heterocycles. The van der Waals surface area contributed by atoms with E-state index in [1.165, 1.54) is 5.57 Å². The van der Waals surface area contributed by atoms with Crippen LogP contribution in [0.2, 0.25) is 0 Å². The van der Waals surface area contributed by atoms with Crippen molar-refractivity contribution in [1.29, 1.82) is 0 Å². The molecule has 0 aromatic carbocycles. The van der Waals surface area contributed by atoms with E-state index in [-0.39, 0.29) is 0 Å². The first-order chi connectivity index (χ1) is 5.61. The van der Waals surface area contributed by atoms with Crippen molar-refractivity contribution < 1.29 is 4.79 Å². The maximum Gasteiger partial charge on any atom is 0.133 e. The van der Waals surface area contributed by atoms with E-state index >= 15 is 0 Å². The number of carbonyl (C=O) groups is 1. The molecular weight excluding hydrogens is 148 g/mol. The minimum absolute atomic E-state index is 0.312. The first kappa shape index (κ1) is 9.50. The van der Waals surface area contributed by atoms with Gasteiger partial charge in [0.1, 0.15) is 5.78 Å². The smallest absolute Gasteiger partial charge is 0.133 e. The fourth-order valence-electron chi connectivity index (χ4n) is 1.75. The van der Waals surface area contributed by atoms with Crippen LogP contribution >= 0.6 is 0 Å². The molecule has 1 rings (SSSR count). The molecule has 1 aliphatic rings. The number of ketones is 1. The molecule has 1 unspecified atom stereocenters. The van der Waals surface area contributed by atoms with E-state index in [0.29, 0.717) is 17.6 Å². The predicted molar refractivity (Wildman–Crippen MR) is 50.9 cm³/mol. The van der Waals surface area contributed by atoms with Crippen molar-refractivity contribution in [3.63, 3.8) is 0 Å². The Morgan fingerprint density at radius 3 is 2.58 bits per heavy atom. The fourth-order valence-corrected chi connectivity index (χ4v) is 1.75. The molecule has 0 aromatic rings. The molecule has 1 aliphatic carbocycles. The standard InChI is InChI=1S/C11H18O/c1-8(2)10-4-6-11(7-5-10)9(3)12/h4,8,11H,5-7H2,1-3H3. The van der Waals surface area contributed by atoms with Gasteiger partial charge in [-0.25, -0.2) is 0 Å². The molecule has 0 amide bonds. The molecule has 0 saturated carbocycles. The SMILES string of the molecule is CC(=O)C1CC=C(C(C)C)CC1. The molecule has 0 radical (unpaired) electrons. The highest BCUT2D eigenvalue weighted by molar-refractivity contribution is 5.78. The van der Waals surface area contributed by atoms with Gasteiger partial charge in [-0.05, 0) is 32.1 Å². The number of allylic oxidation sites excluding steroid dienone is 2. The lowest BCUT2D eigenvalue weighted by molar-refractivity contribution is -0.120. The summed E-state index contributed by atoms with van der Waals surface area (Å²) < 4.78 is 0. The summed E-state index contributed by atoms with van der Waals surface area (Å²) in [5.41, 5.74) is 1.53. The third-order valence-electron chi connectivity index (χ3n) is 2.76. The molecule has 0 N–H and O–H groups in total. The minimum atomic E-state index is 0.312. The second kappa shape index (κ2) is 3.88. The molecule has 0 aliphatic heterocycles. The van der Waals surface area contributed by atoms with Gasteiger partial charge in [0.25, 0.3) is 0 Å². The first-order valence-corrected chi connectivity index (χ1v) is 4.80. The zero-order valence-electron chi connectivity index (χ0n) is 8.26. The van der Waals surface area contributed by atoms with Crippen LogP contribution in [-0.4, -0.2) is 5.78 Å². The summed E-state index contributed by atoms with van der Waals surface area (Å²) in [5.74, 6) is 1.33. The summed E-state index contributed by atoms with van der Waals surface area (Å²) in [7, 11) is 0. The van der Waals surface area contributed by atoms with E-state index in [0.717, 1.165) is 19.3 Å². The topological polar surface area (TPSA) is 17.1 Å². The normalized spacial score (nSPS) is 24.0. The highest BCUT2D eigenvalue weighted by Crippen LogP contribution is 2.28. The maximum absolute atomic E-state index is 11.0. The number of rotatable bonds is 2. The lowest BCUT2D eigenvalue weighted by atomic mass is 9.83. The number of hydrogen-bond acceptors (Lipinski definition) is 1. The molecule has 12 heavy (non-hydrogen) atoms. The van der Waals surface area contributed by atoms with Gasteiger partial charge in [0.05, 0.1) is 0 Å². The van der Waals surface area contributed by atoms with Gasteiger partial charge in [0.15, 0.2) is 0 Å². The van der Waals surface area contributed by atoms with Crippen LogP contribution in [0.15, 0.2) is 11.6 Å². The molecule has 0 bridgehead atoms. The van der Waals surface area contributed by atoms with Gasteiger partial charge in [-0.15, -0.1) is 0 Å². The zero-order valence-corrected chi connectivity index (χ0v) is 8.26. The lowest BCUT2D eigenvalue weighted by Gasteiger charge is -2.21. The van der Waals surface area contributed by atoms with Crippen LogP contribution in [0.25, 0.3) is 0 Å². The first-order valence-electron chi connectivity index (χ1n) is 4.80. The number of carbonyl (C=O) groups excluding carboxylic acids is 1. The third kappa shape index (κ3) is 2.20. The molecule has 0 heterocycles. The Morgan fingerprint density at radius 1 is 1.58 bits per heavy atom. The Morgan fingerprint density at radius 2 is 2.25 bits per heavy atom. The van der Waals surface area contributed by atoms with Gasteiger partial charge in [-0.3, -0.25) is 4.79 Å². The Kier molecular flexibility index (Phi) is 3.07. The Balaban J connectivity index is 2.53. The van der Waals surface area contributed by atoms with E-state index in [1.54, 1.807) is 6.92 Å². The minimum Gasteiger partial charge on any atom is -0.300 e. The Bertz CT molecular complexity index is 201. The van der Waals surface area contributed by atoms with E-state index in [1.807, 2.05) is 0 Å². The Labute approximate surface area is 74.9 Å². The molecule has 1 nitrogen and oxygen atoms in total. The average molecular weight is 166 g/mol. The molecular formula is C11H18O. The van der Waals surface area contributed by atoms with Crippen molar-refractivity contribution in [2.45, 2.75) is 40.0 Å². The third-order valence-corrected chi connectivity index (χ3v) is 2.76. The van der Waals surface area contributed by atoms with Crippen LogP contribution in [0.3, 0.4) is 0 Å². The highest BCUT2D eigenvalue weighted by atomic mass is 16.1. The summed E-state index contributed by atoms with van der Waals surface area (Å²) in [5, 5.41) is 0. The van der Waals surface area contributed by atoms with Gasteiger partial charge >= 0.3 is 0 Å². The number of hydrogen-bond donors (Lipinski definition) is 0. The second-order valence-electron chi connectivity index (χ2n) is 4.02. The highest BCUT2D eigenvalue weighted by Gasteiger charge is 2.18. The lowest BCUT2D eigenvalue weighted by Crippen LogP contribution is -2.15. The van der Waals surface area contributed by atoms with Crippen LogP contribution in [0.1, 0.15) is 40.0 Å². The van der Waals surface area contributed by atoms with Crippen molar-refractivity contribution in [2.75, 3.05) is 0 Å². The maximum atomic E-state index is 11.0. The predicted octanol–water partition coefficient (Wildman–Crippen LogP) is 2.96. The molecule has 0 fully saturated rings. The van der Waals surface area contributed by atoms with Crippen molar-refractivity contribution >= 4 is 5.78 Å². The fraction of sp³-hybridized carbons (Fsp3) is 0.727. The molecule has 1 atom stereocenters.